The third kappa shape index (κ3) is 4.49. The van der Waals surface area contributed by atoms with E-state index in [2.05, 4.69) is 9.97 Å². The largest absolute Gasteiger partial charge is 0.507 e. The van der Waals surface area contributed by atoms with Crippen molar-refractivity contribution < 1.29 is 29.6 Å². The molecule has 7 N–H and O–H groups in total. The van der Waals surface area contributed by atoms with Gasteiger partial charge < -0.3 is 30.8 Å². The van der Waals surface area contributed by atoms with Gasteiger partial charge in [0.25, 0.3) is 0 Å². The van der Waals surface area contributed by atoms with E-state index < -0.39 is 24.3 Å². The maximum atomic E-state index is 12.0. The van der Waals surface area contributed by atoms with Gasteiger partial charge in [-0.25, -0.2) is 4.98 Å². The van der Waals surface area contributed by atoms with Crippen LogP contribution in [0.4, 0.5) is 0 Å². The molecule has 0 spiro atoms. The fourth-order valence-corrected chi connectivity index (χ4v) is 3.93. The Labute approximate surface area is 199 Å². The number of methoxy groups -OCH3 is 1. The first kappa shape index (κ1) is 23.3. The van der Waals surface area contributed by atoms with Crippen LogP contribution in [0.2, 0.25) is 0 Å². The topological polar surface area (TPSA) is 183 Å². The lowest BCUT2D eigenvalue weighted by Crippen LogP contribution is -2.16. The molecule has 0 aliphatic heterocycles. The number of aromatic nitrogens is 2. The van der Waals surface area contributed by atoms with Crippen LogP contribution in [0.25, 0.3) is 33.5 Å². The van der Waals surface area contributed by atoms with Crippen molar-refractivity contribution in [1.82, 2.24) is 9.97 Å². The number of amidine groups is 1. The molecule has 10 nitrogen and oxygen atoms in total. The first-order chi connectivity index (χ1) is 16.7. The van der Waals surface area contributed by atoms with Crippen molar-refractivity contribution in [2.24, 2.45) is 5.73 Å². The molecule has 178 valence electrons. The van der Waals surface area contributed by atoms with Gasteiger partial charge >= 0.3 is 11.9 Å². The number of nitrogens with zero attached hydrogens (tertiary/aromatic N) is 1. The number of fused-ring (bicyclic) bond motifs is 1. The summed E-state index contributed by atoms with van der Waals surface area (Å²) in [6.45, 7) is 0. The highest BCUT2D eigenvalue weighted by molar-refractivity contribution is 5.98. The summed E-state index contributed by atoms with van der Waals surface area (Å²) in [5, 5.41) is 38.0. The van der Waals surface area contributed by atoms with Crippen molar-refractivity contribution in [1.29, 1.82) is 5.41 Å². The fourth-order valence-electron chi connectivity index (χ4n) is 3.93. The summed E-state index contributed by atoms with van der Waals surface area (Å²) in [6, 6.07) is 14.7. The Bertz CT molecular complexity index is 1480. The van der Waals surface area contributed by atoms with Gasteiger partial charge in [0.1, 0.15) is 23.2 Å². The molecule has 10 heteroatoms. The molecule has 0 fully saturated rings. The number of aromatic hydroxyl groups is 1. The van der Waals surface area contributed by atoms with Gasteiger partial charge in [-0.2, -0.15) is 0 Å². The molecule has 0 amide bonds. The number of carbonyl (C=O) groups is 2. The summed E-state index contributed by atoms with van der Waals surface area (Å²) in [4.78, 5) is 31.0. The van der Waals surface area contributed by atoms with Gasteiger partial charge in [-0.15, -0.1) is 0 Å². The number of imidazole rings is 1. The number of nitrogens with one attached hydrogen (secondary N) is 2. The van der Waals surface area contributed by atoms with E-state index in [-0.39, 0.29) is 34.1 Å². The van der Waals surface area contributed by atoms with Crippen LogP contribution in [0.1, 0.15) is 23.5 Å². The van der Waals surface area contributed by atoms with Gasteiger partial charge in [-0.05, 0) is 42.0 Å². The molecule has 1 atom stereocenters. The molecule has 0 radical (unpaired) electrons. The van der Waals surface area contributed by atoms with Crippen LogP contribution in [0, 0.1) is 5.41 Å². The minimum absolute atomic E-state index is 0.127. The number of rotatable bonds is 8. The van der Waals surface area contributed by atoms with Gasteiger partial charge in [0.2, 0.25) is 0 Å². The average Bonchev–Trinajstić information content (AvgIpc) is 3.25. The van der Waals surface area contributed by atoms with Crippen LogP contribution >= 0.6 is 0 Å². The number of hydrogen-bond acceptors (Lipinski definition) is 6. The number of benzene rings is 3. The summed E-state index contributed by atoms with van der Waals surface area (Å²) in [6.07, 6.45) is -0.646. The van der Waals surface area contributed by atoms with Crippen LogP contribution < -0.4 is 10.5 Å². The number of aliphatic carboxylic acids is 2. The van der Waals surface area contributed by atoms with Crippen LogP contribution in [0.15, 0.2) is 54.6 Å². The van der Waals surface area contributed by atoms with E-state index in [9.17, 15) is 24.9 Å². The quantitative estimate of drug-likeness (QED) is 0.165. The number of carboxylic acid groups (broad SMARTS) is 2. The van der Waals surface area contributed by atoms with Crippen molar-refractivity contribution in [3.05, 3.63) is 65.7 Å². The van der Waals surface area contributed by atoms with Gasteiger partial charge in [0, 0.05) is 16.7 Å². The third-order valence-electron chi connectivity index (χ3n) is 5.66. The molecule has 0 saturated carbocycles. The monoisotopic (exact) mass is 474 g/mol. The molecule has 1 aromatic heterocycles. The van der Waals surface area contributed by atoms with Crippen molar-refractivity contribution in [2.75, 3.05) is 7.11 Å². The number of aromatic amines is 1. The molecule has 0 saturated heterocycles. The summed E-state index contributed by atoms with van der Waals surface area (Å²) < 4.78 is 5.42. The molecule has 1 unspecified atom stereocenters. The number of phenols is 1. The fraction of sp³-hybridized carbons (Fsp3) is 0.120. The first-order valence-corrected chi connectivity index (χ1v) is 10.5. The first-order valence-electron chi connectivity index (χ1n) is 10.5. The summed E-state index contributed by atoms with van der Waals surface area (Å²) in [5.74, 6) is -3.60. The van der Waals surface area contributed by atoms with Crippen LogP contribution in [0.3, 0.4) is 0 Å². The van der Waals surface area contributed by atoms with Gasteiger partial charge in [-0.1, -0.05) is 18.2 Å². The Balaban J connectivity index is 1.99. The number of carboxylic acids is 2. The highest BCUT2D eigenvalue weighted by Gasteiger charge is 2.27. The van der Waals surface area contributed by atoms with Gasteiger partial charge in [0.15, 0.2) is 0 Å². The lowest BCUT2D eigenvalue weighted by atomic mass is 9.89. The van der Waals surface area contributed by atoms with Crippen molar-refractivity contribution in [2.45, 2.75) is 12.3 Å². The smallest absolute Gasteiger partial charge is 0.311 e. The number of hydrogen-bond donors (Lipinski definition) is 6. The summed E-state index contributed by atoms with van der Waals surface area (Å²) in [7, 11) is 1.47. The minimum Gasteiger partial charge on any atom is -0.507 e. The Morgan fingerprint density at radius 1 is 1.09 bits per heavy atom. The zero-order chi connectivity index (χ0) is 25.3. The zero-order valence-electron chi connectivity index (χ0n) is 18.6. The molecule has 1 heterocycles. The number of ether oxygens (including phenoxy) is 1. The van der Waals surface area contributed by atoms with E-state index in [0.29, 0.717) is 27.9 Å². The summed E-state index contributed by atoms with van der Waals surface area (Å²) in [5.41, 5.74) is 8.24. The normalized spacial score (nSPS) is 11.8. The molecule has 35 heavy (non-hydrogen) atoms. The number of nitrogen functional groups attached to an aromatic ring is 1. The highest BCUT2D eigenvalue weighted by Crippen LogP contribution is 2.43. The predicted octanol–water partition coefficient (Wildman–Crippen LogP) is 3.54. The predicted molar refractivity (Wildman–Crippen MR) is 129 cm³/mol. The Morgan fingerprint density at radius 2 is 1.80 bits per heavy atom. The molecular formula is C25H22N4O6. The van der Waals surface area contributed by atoms with Crippen LogP contribution in [0.5, 0.6) is 11.5 Å². The second-order valence-electron chi connectivity index (χ2n) is 7.88. The molecule has 0 aliphatic rings. The molecule has 3 aromatic carbocycles. The number of nitrogens with two attached hydrogens (primary N) is 1. The second-order valence-corrected chi connectivity index (χ2v) is 7.88. The van der Waals surface area contributed by atoms with Crippen molar-refractivity contribution in [3.63, 3.8) is 0 Å². The van der Waals surface area contributed by atoms with Crippen LogP contribution in [-0.2, 0) is 9.59 Å². The molecule has 4 aromatic rings. The number of para-hydroxylation sites is 1. The Morgan fingerprint density at radius 3 is 2.46 bits per heavy atom. The lowest BCUT2D eigenvalue weighted by molar-refractivity contribution is -0.145. The standard InChI is InChI=1S/C25H22N4O6/c1-35-20-5-3-2-4-14(20)16-8-13(15(25(33)34)11-21(30)31)9-17(22(16)32)24-28-18-7-6-12(23(26)27)10-19(18)29-24/h2-10,15,32H,11H2,1H3,(H3,26,27)(H,28,29)(H,30,31)(H,33,34). The highest BCUT2D eigenvalue weighted by atomic mass is 16.5. The molecule has 0 bridgehead atoms. The number of H-pyrrole nitrogens is 1. The SMILES string of the molecule is COc1ccccc1-c1cc(C(CC(=O)O)C(=O)O)cc(-c2nc3cc(C(=N)N)ccc3[nH]2)c1O. The third-order valence-corrected chi connectivity index (χ3v) is 5.66. The molecule has 0 aliphatic carbocycles. The van der Waals surface area contributed by atoms with E-state index >= 15 is 0 Å². The maximum absolute atomic E-state index is 12.0. The van der Waals surface area contributed by atoms with Crippen molar-refractivity contribution >= 4 is 28.8 Å². The molecule has 4 rings (SSSR count). The van der Waals surface area contributed by atoms with Gasteiger partial charge in [-0.3, -0.25) is 15.0 Å². The zero-order valence-corrected chi connectivity index (χ0v) is 18.6. The maximum Gasteiger partial charge on any atom is 0.311 e. The van der Waals surface area contributed by atoms with Gasteiger partial charge in [0.05, 0.1) is 36.0 Å². The molecular weight excluding hydrogens is 452 g/mol. The summed E-state index contributed by atoms with van der Waals surface area (Å²) >= 11 is 0. The lowest BCUT2D eigenvalue weighted by Gasteiger charge is -2.17. The van der Waals surface area contributed by atoms with Crippen LogP contribution in [-0.4, -0.2) is 50.2 Å². The number of phenolic OH excluding ortho intramolecular Hbond substituents is 1. The van der Waals surface area contributed by atoms with E-state index in [1.165, 1.54) is 19.2 Å². The van der Waals surface area contributed by atoms with Crippen molar-refractivity contribution in [3.8, 4) is 34.0 Å². The minimum atomic E-state index is -1.37. The van der Waals surface area contributed by atoms with E-state index in [1.54, 1.807) is 42.5 Å². The van der Waals surface area contributed by atoms with E-state index in [0.717, 1.165) is 0 Å². The average molecular weight is 474 g/mol. The Hall–Kier alpha value is -4.86. The Kier molecular flexibility index (Phi) is 6.11. The van der Waals surface area contributed by atoms with E-state index in [4.69, 9.17) is 15.9 Å². The van der Waals surface area contributed by atoms with E-state index in [1.807, 2.05) is 0 Å². The second kappa shape index (κ2) is 9.18.